The van der Waals surface area contributed by atoms with Crippen molar-refractivity contribution in [2.45, 2.75) is 41.5 Å². The Labute approximate surface area is 259 Å². The Balaban J connectivity index is 1.40. The van der Waals surface area contributed by atoms with Gasteiger partial charge in [0.15, 0.2) is 0 Å². The Bertz CT molecular complexity index is 1750. The second-order valence-corrected chi connectivity index (χ2v) is 11.2. The molecule has 4 aromatic carbocycles. The summed E-state index contributed by atoms with van der Waals surface area (Å²) in [6.07, 6.45) is 0. The first-order valence-corrected chi connectivity index (χ1v) is 14.8. The maximum atomic E-state index is 4.80. The van der Waals surface area contributed by atoms with Gasteiger partial charge in [0.05, 0.1) is 0 Å². The zero-order valence-electron chi connectivity index (χ0n) is 26.1. The van der Waals surface area contributed by atoms with Crippen molar-refractivity contribution in [1.82, 2.24) is 19.9 Å². The topological polar surface area (TPSA) is 58.0 Å². The number of nitrogens with zero attached hydrogens (tertiary/aromatic N) is 6. The summed E-state index contributed by atoms with van der Waals surface area (Å²) in [5, 5.41) is 0. The SMILES string of the molecule is Cc1cc(C)nc(N(c2ccccc2)c2ccc(-c3ccc(N(c4ccccc4)c4nc(C)cc(C)n4)cc3C)c(C)c2)n1. The number of para-hydroxylation sites is 2. The van der Waals surface area contributed by atoms with Crippen molar-refractivity contribution in [3.8, 4) is 11.1 Å². The van der Waals surface area contributed by atoms with Crippen LogP contribution in [0.3, 0.4) is 0 Å². The highest BCUT2D eigenvalue weighted by molar-refractivity contribution is 5.81. The molecule has 0 radical (unpaired) electrons. The minimum absolute atomic E-state index is 0.663. The molecule has 0 amide bonds. The van der Waals surface area contributed by atoms with Gasteiger partial charge in [-0.1, -0.05) is 48.5 Å². The standard InChI is InChI=1S/C38H36N6/c1-25-21-33(43(31-13-9-7-10-14-31)37-39-27(3)23-28(4)40-37)17-19-35(25)36-20-18-34(22-26(36)2)44(32-15-11-8-12-16-32)38-41-29(5)24-30(6)42-38/h7-24H,1-6H3. The van der Waals surface area contributed by atoms with E-state index in [0.29, 0.717) is 11.9 Å². The third-order valence-corrected chi connectivity index (χ3v) is 7.60. The zero-order chi connectivity index (χ0) is 30.8. The maximum Gasteiger partial charge on any atom is 0.235 e. The number of aryl methyl sites for hydroxylation is 6. The summed E-state index contributed by atoms with van der Waals surface area (Å²) in [4.78, 5) is 23.4. The first-order valence-electron chi connectivity index (χ1n) is 14.8. The molecule has 218 valence electrons. The van der Waals surface area contributed by atoms with Crippen molar-refractivity contribution in [3.05, 3.63) is 143 Å². The summed E-state index contributed by atoms with van der Waals surface area (Å²) in [6.45, 7) is 12.4. The van der Waals surface area contributed by atoms with E-state index in [1.54, 1.807) is 0 Å². The Hall–Kier alpha value is -5.36. The Kier molecular flexibility index (Phi) is 7.90. The van der Waals surface area contributed by atoms with Gasteiger partial charge in [-0.2, -0.15) is 0 Å². The third-order valence-electron chi connectivity index (χ3n) is 7.60. The molecule has 0 atom stereocenters. The maximum absolute atomic E-state index is 4.80. The molecule has 2 aromatic heterocycles. The fourth-order valence-electron chi connectivity index (χ4n) is 5.71. The van der Waals surface area contributed by atoms with Gasteiger partial charge >= 0.3 is 0 Å². The van der Waals surface area contributed by atoms with E-state index in [-0.39, 0.29) is 0 Å². The molecule has 6 heteroatoms. The number of hydrogen-bond donors (Lipinski definition) is 0. The highest BCUT2D eigenvalue weighted by Crippen LogP contribution is 2.39. The van der Waals surface area contributed by atoms with Gasteiger partial charge in [0, 0.05) is 45.5 Å². The smallest absolute Gasteiger partial charge is 0.235 e. The van der Waals surface area contributed by atoms with E-state index in [4.69, 9.17) is 19.9 Å². The van der Waals surface area contributed by atoms with Crippen LogP contribution in [-0.4, -0.2) is 19.9 Å². The molecule has 0 unspecified atom stereocenters. The fraction of sp³-hybridized carbons (Fsp3) is 0.158. The summed E-state index contributed by atoms with van der Waals surface area (Å²) < 4.78 is 0. The highest BCUT2D eigenvalue weighted by atomic mass is 15.3. The van der Waals surface area contributed by atoms with E-state index >= 15 is 0 Å². The molecule has 0 aliphatic heterocycles. The van der Waals surface area contributed by atoms with Crippen LogP contribution in [0.2, 0.25) is 0 Å². The second-order valence-electron chi connectivity index (χ2n) is 11.2. The minimum atomic E-state index is 0.663. The summed E-state index contributed by atoms with van der Waals surface area (Å²) in [6, 6.07) is 37.7. The van der Waals surface area contributed by atoms with Gasteiger partial charge in [-0.15, -0.1) is 0 Å². The Morgan fingerprint density at radius 3 is 1.02 bits per heavy atom. The van der Waals surface area contributed by atoms with Gasteiger partial charge < -0.3 is 0 Å². The van der Waals surface area contributed by atoms with E-state index in [9.17, 15) is 0 Å². The number of aromatic nitrogens is 4. The molecule has 0 aliphatic carbocycles. The first-order chi connectivity index (χ1) is 21.3. The van der Waals surface area contributed by atoms with Gasteiger partial charge in [0.25, 0.3) is 0 Å². The molecular weight excluding hydrogens is 540 g/mol. The molecule has 0 saturated heterocycles. The Morgan fingerprint density at radius 1 is 0.364 bits per heavy atom. The molecule has 44 heavy (non-hydrogen) atoms. The molecule has 6 rings (SSSR count). The molecule has 0 bridgehead atoms. The highest BCUT2D eigenvalue weighted by Gasteiger charge is 2.20. The predicted octanol–water partition coefficient (Wildman–Crippen LogP) is 9.72. The quantitative estimate of drug-likeness (QED) is 0.189. The second kappa shape index (κ2) is 12.1. The van der Waals surface area contributed by atoms with E-state index in [2.05, 4.69) is 84.3 Å². The van der Waals surface area contributed by atoms with Crippen LogP contribution < -0.4 is 9.80 Å². The number of benzene rings is 4. The number of anilines is 6. The van der Waals surface area contributed by atoms with E-state index < -0.39 is 0 Å². The monoisotopic (exact) mass is 576 g/mol. The van der Waals surface area contributed by atoms with Crippen LogP contribution in [0.4, 0.5) is 34.6 Å². The summed E-state index contributed by atoms with van der Waals surface area (Å²) in [7, 11) is 0. The van der Waals surface area contributed by atoms with Gasteiger partial charge in [-0.25, -0.2) is 19.9 Å². The molecule has 0 fully saturated rings. The zero-order valence-corrected chi connectivity index (χ0v) is 26.1. The van der Waals surface area contributed by atoms with Crippen molar-refractivity contribution >= 4 is 34.6 Å². The van der Waals surface area contributed by atoms with Crippen molar-refractivity contribution in [1.29, 1.82) is 0 Å². The van der Waals surface area contributed by atoms with Crippen molar-refractivity contribution < 1.29 is 0 Å². The van der Waals surface area contributed by atoms with Crippen molar-refractivity contribution in [3.63, 3.8) is 0 Å². The number of hydrogen-bond acceptors (Lipinski definition) is 6. The van der Waals surface area contributed by atoms with Crippen molar-refractivity contribution in [2.75, 3.05) is 9.80 Å². The molecular formula is C38H36N6. The summed E-state index contributed by atoms with van der Waals surface area (Å²) in [5.41, 5.74) is 12.5. The van der Waals surface area contributed by atoms with Crippen LogP contribution in [0.25, 0.3) is 11.1 Å². The van der Waals surface area contributed by atoms with Gasteiger partial charge in [0.2, 0.25) is 11.9 Å². The lowest BCUT2D eigenvalue weighted by molar-refractivity contribution is 1.01. The molecule has 6 aromatic rings. The predicted molar refractivity (Wildman–Crippen MR) is 181 cm³/mol. The molecule has 0 aliphatic rings. The van der Waals surface area contributed by atoms with Crippen LogP contribution >= 0.6 is 0 Å². The lowest BCUT2D eigenvalue weighted by Crippen LogP contribution is -2.15. The average Bonchev–Trinajstić information content (AvgIpc) is 2.98. The van der Waals surface area contributed by atoms with Crippen LogP contribution in [-0.2, 0) is 0 Å². The summed E-state index contributed by atoms with van der Waals surface area (Å²) in [5.74, 6) is 1.33. The van der Waals surface area contributed by atoms with Gasteiger partial charge in [-0.05, 0) is 124 Å². The average molecular weight is 577 g/mol. The van der Waals surface area contributed by atoms with Gasteiger partial charge in [-0.3, -0.25) is 9.80 Å². The van der Waals surface area contributed by atoms with Crippen molar-refractivity contribution in [2.24, 2.45) is 0 Å². The minimum Gasteiger partial charge on any atom is -0.279 e. The summed E-state index contributed by atoms with van der Waals surface area (Å²) >= 11 is 0. The molecule has 0 spiro atoms. The molecule has 0 N–H and O–H groups in total. The van der Waals surface area contributed by atoms with Crippen LogP contribution in [0, 0.1) is 41.5 Å². The van der Waals surface area contributed by atoms with E-state index in [1.165, 1.54) is 22.3 Å². The first kappa shape index (κ1) is 28.7. The van der Waals surface area contributed by atoms with Gasteiger partial charge in [0.1, 0.15) is 0 Å². The Morgan fingerprint density at radius 2 is 0.705 bits per heavy atom. The normalized spacial score (nSPS) is 11.0. The molecule has 0 saturated carbocycles. The van der Waals surface area contributed by atoms with Crippen LogP contribution in [0.15, 0.2) is 109 Å². The van der Waals surface area contributed by atoms with Crippen LogP contribution in [0.1, 0.15) is 33.9 Å². The van der Waals surface area contributed by atoms with E-state index in [0.717, 1.165) is 45.5 Å². The fourth-order valence-corrected chi connectivity index (χ4v) is 5.71. The molecule has 2 heterocycles. The number of rotatable bonds is 7. The van der Waals surface area contributed by atoms with E-state index in [1.807, 2.05) is 76.2 Å². The lowest BCUT2D eigenvalue weighted by atomic mass is 9.95. The molecule has 6 nitrogen and oxygen atoms in total. The third kappa shape index (κ3) is 5.92. The van der Waals surface area contributed by atoms with Crippen LogP contribution in [0.5, 0.6) is 0 Å². The largest absolute Gasteiger partial charge is 0.279 e. The lowest BCUT2D eigenvalue weighted by Gasteiger charge is -2.26.